The van der Waals surface area contributed by atoms with Crippen molar-refractivity contribution in [2.24, 2.45) is 0 Å². The summed E-state index contributed by atoms with van der Waals surface area (Å²) in [7, 11) is -8.41. The number of nitrogens with two attached hydrogens (primary N) is 2. The van der Waals surface area contributed by atoms with E-state index in [0.29, 0.717) is 0 Å². The molecule has 0 aliphatic carbocycles. The molecule has 20 nitrogen and oxygen atoms in total. The van der Waals surface area contributed by atoms with E-state index in [1.165, 1.54) is 24.5 Å². The van der Waals surface area contributed by atoms with Gasteiger partial charge in [-0.05, 0) is 12.1 Å². The molecule has 4 aliphatic rings. The first-order chi connectivity index (χ1) is 18.8. The number of aliphatic hydroxyl groups excluding tert-OH is 2. The van der Waals surface area contributed by atoms with Crippen molar-refractivity contribution in [1.82, 2.24) is 19.1 Å². The molecular formula is C18H24BaN6O14P2. The molecule has 4 aliphatic heterocycles. The number of anilines is 2. The molecular weight excluding hydrogens is 724 g/mol. The fourth-order valence-electron chi connectivity index (χ4n) is 4.54. The van der Waals surface area contributed by atoms with Crippen molar-refractivity contribution in [2.45, 2.75) is 49.1 Å². The fourth-order valence-corrected chi connectivity index (χ4v) is 6.83. The maximum absolute atomic E-state index is 11.8. The minimum Gasteiger partial charge on any atom is -0.394 e. The number of phosphoric ester groups is 2. The van der Waals surface area contributed by atoms with Gasteiger partial charge in [0, 0.05) is 61.3 Å². The number of phosphoric acid groups is 2. The van der Waals surface area contributed by atoms with Crippen molar-refractivity contribution in [3.63, 3.8) is 0 Å². The Kier molecular flexibility index (Phi) is 10.1. The van der Waals surface area contributed by atoms with Gasteiger partial charge >= 0.3 is 27.0 Å². The van der Waals surface area contributed by atoms with Crippen LogP contribution in [0.25, 0.3) is 0 Å². The number of aromatic nitrogens is 4. The van der Waals surface area contributed by atoms with Crippen LogP contribution >= 0.6 is 15.6 Å². The van der Waals surface area contributed by atoms with Crippen LogP contribution in [0.15, 0.2) is 34.1 Å². The summed E-state index contributed by atoms with van der Waals surface area (Å²) in [6.07, 6.45) is -5.02. The summed E-state index contributed by atoms with van der Waals surface area (Å²) in [5.74, 6) is 0.0758. The molecule has 0 bridgehead atoms. The van der Waals surface area contributed by atoms with Crippen LogP contribution in [0.2, 0.25) is 0 Å². The molecule has 6 rings (SSSR count). The van der Waals surface area contributed by atoms with E-state index in [4.69, 9.17) is 39.0 Å². The molecule has 6 heterocycles. The number of hydrogen-bond donors (Lipinski definition) is 6. The molecule has 0 saturated carbocycles. The Morgan fingerprint density at radius 3 is 1.39 bits per heavy atom. The number of nitrogen functional groups attached to an aromatic ring is 2. The minimum absolute atomic E-state index is 0. The van der Waals surface area contributed by atoms with E-state index in [1.807, 2.05) is 0 Å². The topological polar surface area (TPSA) is 292 Å². The number of fused-ring (bicyclic) bond motifs is 2. The van der Waals surface area contributed by atoms with Gasteiger partial charge in [0.1, 0.15) is 48.3 Å². The van der Waals surface area contributed by atoms with Gasteiger partial charge in [-0.3, -0.25) is 27.2 Å². The predicted octanol–water partition coefficient (Wildman–Crippen LogP) is -3.18. The van der Waals surface area contributed by atoms with Crippen molar-refractivity contribution in [2.75, 3.05) is 24.7 Å². The third-order valence-electron chi connectivity index (χ3n) is 6.20. The average Bonchev–Trinajstić information content (AvgIpc) is 3.56. The Morgan fingerprint density at radius 2 is 1.07 bits per heavy atom. The van der Waals surface area contributed by atoms with E-state index in [2.05, 4.69) is 9.97 Å². The second kappa shape index (κ2) is 12.5. The van der Waals surface area contributed by atoms with Crippen molar-refractivity contribution in [1.29, 1.82) is 0 Å². The predicted molar refractivity (Wildman–Crippen MR) is 133 cm³/mol. The van der Waals surface area contributed by atoms with Gasteiger partial charge < -0.3 is 40.9 Å². The standard InChI is InChI=1S/2C9H12N3O7P.Ba/c2*10-5-1-2-12(9(14)11-5)8-7-6(4(3-13)17-8)18-20(15,16)19-7;/h2*1-2,4,6-8,13H,3H2,(H,15,16)(H2,10,11,14);/t2*4-,6-,7-,8-;/m11./s1. The third-order valence-corrected chi connectivity index (χ3v) is 8.24. The number of aliphatic hydroxyl groups is 2. The van der Waals surface area contributed by atoms with Crippen molar-refractivity contribution >= 4 is 76.2 Å². The third kappa shape index (κ3) is 6.74. The molecule has 4 saturated heterocycles. The van der Waals surface area contributed by atoms with Crippen LogP contribution in [0.1, 0.15) is 12.5 Å². The molecule has 2 unspecified atom stereocenters. The van der Waals surface area contributed by atoms with Gasteiger partial charge in [0.25, 0.3) is 0 Å². The molecule has 0 aromatic carbocycles. The second-order valence-electron chi connectivity index (χ2n) is 8.80. The Hall–Kier alpha value is -1.01. The minimum atomic E-state index is -4.21. The first kappa shape index (κ1) is 32.9. The Labute approximate surface area is 269 Å². The molecule has 4 fully saturated rings. The van der Waals surface area contributed by atoms with Gasteiger partial charge in [-0.25, -0.2) is 18.7 Å². The summed E-state index contributed by atoms with van der Waals surface area (Å²) < 4.78 is 55.4. The van der Waals surface area contributed by atoms with Gasteiger partial charge in [-0.15, -0.1) is 0 Å². The van der Waals surface area contributed by atoms with Crippen molar-refractivity contribution < 1.29 is 56.7 Å². The van der Waals surface area contributed by atoms with Crippen LogP contribution in [0.5, 0.6) is 0 Å². The van der Waals surface area contributed by atoms with Gasteiger partial charge in [0.2, 0.25) is 0 Å². The summed E-state index contributed by atoms with van der Waals surface area (Å²) in [4.78, 5) is 49.3. The van der Waals surface area contributed by atoms with Gasteiger partial charge in [-0.1, -0.05) is 0 Å². The molecule has 8 N–H and O–H groups in total. The molecule has 2 radical (unpaired) electrons. The van der Waals surface area contributed by atoms with Gasteiger partial charge in [-0.2, -0.15) is 9.97 Å². The van der Waals surface area contributed by atoms with Crippen molar-refractivity contribution in [3.8, 4) is 0 Å². The van der Waals surface area contributed by atoms with Crippen LogP contribution in [-0.4, -0.2) is 138 Å². The molecule has 23 heteroatoms. The molecule has 222 valence electrons. The summed E-state index contributed by atoms with van der Waals surface area (Å²) in [5, 5.41) is 18.4. The maximum atomic E-state index is 11.8. The second-order valence-corrected chi connectivity index (χ2v) is 11.5. The van der Waals surface area contributed by atoms with Crippen LogP contribution in [0.4, 0.5) is 11.6 Å². The Bertz CT molecular complexity index is 1380. The summed E-state index contributed by atoms with van der Waals surface area (Å²) in [6.45, 7) is -0.893. The largest absolute Gasteiger partial charge is 0.473 e. The number of rotatable bonds is 4. The smallest absolute Gasteiger partial charge is 0.394 e. The zero-order valence-electron chi connectivity index (χ0n) is 20.8. The van der Waals surface area contributed by atoms with Crippen LogP contribution < -0.4 is 22.8 Å². The average molecular weight is 748 g/mol. The van der Waals surface area contributed by atoms with E-state index >= 15 is 0 Å². The number of nitrogens with zero attached hydrogens (tertiary/aromatic N) is 4. The van der Waals surface area contributed by atoms with Gasteiger partial charge in [0.05, 0.1) is 13.2 Å². The number of hydrogen-bond acceptors (Lipinski definition) is 16. The van der Waals surface area contributed by atoms with Gasteiger partial charge in [0.15, 0.2) is 12.5 Å². The van der Waals surface area contributed by atoms with E-state index in [0.717, 1.165) is 9.13 Å². The van der Waals surface area contributed by atoms with E-state index in [9.17, 15) is 38.7 Å². The Morgan fingerprint density at radius 1 is 0.732 bits per heavy atom. The molecule has 41 heavy (non-hydrogen) atoms. The Balaban J connectivity index is 0.000000184. The monoisotopic (exact) mass is 748 g/mol. The fraction of sp³-hybridized carbons (Fsp3) is 0.556. The summed E-state index contributed by atoms with van der Waals surface area (Å²) in [6, 6.07) is 2.75. The summed E-state index contributed by atoms with van der Waals surface area (Å²) in [5.41, 5.74) is 9.37. The zero-order chi connectivity index (χ0) is 29.0. The molecule has 10 atom stereocenters. The normalized spacial score (nSPS) is 38.9. The zero-order valence-corrected chi connectivity index (χ0v) is 27.0. The van der Waals surface area contributed by atoms with E-state index < -0.39 is 89.3 Å². The SMILES string of the molecule is Nc1ccn([C@@H]2O[C@H](CO)[C@H]3OP(=O)(O)O[C@H]32)c(=O)n1.Nc1ccn([C@@H]2O[C@H](CO)[C@H]3OP(=O)(O)O[C@H]32)c(=O)n1.[Ba]. The maximum Gasteiger partial charge on any atom is 0.473 e. The quantitative estimate of drug-likeness (QED) is 0.133. The summed E-state index contributed by atoms with van der Waals surface area (Å²) >= 11 is 0. The number of ether oxygens (including phenoxy) is 2. The van der Waals surface area contributed by atoms with Crippen LogP contribution in [0.3, 0.4) is 0 Å². The van der Waals surface area contributed by atoms with Crippen molar-refractivity contribution in [3.05, 3.63) is 45.5 Å². The van der Waals surface area contributed by atoms with Crippen LogP contribution in [0, 0.1) is 0 Å². The van der Waals surface area contributed by atoms with E-state index in [1.54, 1.807) is 0 Å². The van der Waals surface area contributed by atoms with Crippen LogP contribution in [-0.2, 0) is 36.7 Å². The molecule has 2 aromatic heterocycles. The first-order valence-electron chi connectivity index (χ1n) is 11.4. The molecule has 0 spiro atoms. The van der Waals surface area contributed by atoms with E-state index in [-0.39, 0.29) is 60.5 Å². The first-order valence-corrected chi connectivity index (χ1v) is 14.4. The molecule has 0 amide bonds. The molecule has 2 aromatic rings.